The van der Waals surface area contributed by atoms with Gasteiger partial charge in [-0.15, -0.1) is 0 Å². The summed E-state index contributed by atoms with van der Waals surface area (Å²) in [5, 5.41) is 0. The van der Waals surface area contributed by atoms with Crippen molar-refractivity contribution in [1.29, 1.82) is 0 Å². The van der Waals surface area contributed by atoms with E-state index in [0.717, 1.165) is 38.5 Å². The first-order valence-electron chi connectivity index (χ1n) is 29.5. The Balaban J connectivity index is 4.10. The van der Waals surface area contributed by atoms with Gasteiger partial charge in [0.1, 0.15) is 19.8 Å². The Morgan fingerprint density at radius 2 is 0.739 bits per heavy atom. The highest BCUT2D eigenvalue weighted by Crippen LogP contribution is 2.38. The van der Waals surface area contributed by atoms with Crippen LogP contribution in [0.1, 0.15) is 290 Å². The standard InChI is InChI=1S/C59H114NO8P/c1-6-8-10-12-14-16-18-20-22-24-26-27-28-29-30-31-32-33-34-36-38-40-42-44-46-48-50-52-59(62)68-57(56-67-69(63,64)66-54-53-60(3,4)5)55-65-58(61)51-49-47-45-43-41-39-37-35-25-23-21-19-17-15-13-11-9-7-2/h23-26,57H,6-22,27-56H2,1-5H3/b25-23-,26-24-. The average molecular weight is 997 g/mol. The molecule has 0 aromatic heterocycles. The molecule has 9 nitrogen and oxygen atoms in total. The fourth-order valence-electron chi connectivity index (χ4n) is 8.59. The highest BCUT2D eigenvalue weighted by molar-refractivity contribution is 7.45. The molecule has 10 heteroatoms. The zero-order chi connectivity index (χ0) is 50.6. The van der Waals surface area contributed by atoms with Crippen LogP contribution in [0.3, 0.4) is 0 Å². The summed E-state index contributed by atoms with van der Waals surface area (Å²) in [5.74, 6) is -0.824. The maximum atomic E-state index is 12.8. The SMILES string of the molecule is CCCCCCCCC/C=C\CCCCCCCCCC(=O)OCC(COP(=O)([O-])OCC[N+](C)(C)C)OC(=O)CCCCCCCCCCCCCCCCC/C=C\CCCCCCCCCC. The molecule has 0 radical (unpaired) electrons. The molecule has 0 saturated heterocycles. The molecule has 0 aromatic carbocycles. The normalized spacial score (nSPS) is 13.4. The molecular formula is C59H114NO8P. The summed E-state index contributed by atoms with van der Waals surface area (Å²) in [4.78, 5) is 37.8. The van der Waals surface area contributed by atoms with Crippen LogP contribution in [-0.4, -0.2) is 70.0 Å². The van der Waals surface area contributed by atoms with Gasteiger partial charge in [-0.1, -0.05) is 237 Å². The summed E-state index contributed by atoms with van der Waals surface area (Å²) in [7, 11) is 1.18. The quantitative estimate of drug-likeness (QED) is 0.0195. The number of phosphoric acid groups is 1. The fourth-order valence-corrected chi connectivity index (χ4v) is 9.32. The maximum absolute atomic E-state index is 12.8. The van der Waals surface area contributed by atoms with Crippen molar-refractivity contribution in [1.82, 2.24) is 0 Å². The molecule has 0 rings (SSSR count). The minimum atomic E-state index is -4.63. The zero-order valence-electron chi connectivity index (χ0n) is 46.3. The first-order valence-corrected chi connectivity index (χ1v) is 31.0. The summed E-state index contributed by atoms with van der Waals surface area (Å²) in [6.45, 7) is 4.28. The molecule has 0 aliphatic carbocycles. The molecule has 0 heterocycles. The zero-order valence-corrected chi connectivity index (χ0v) is 47.2. The van der Waals surface area contributed by atoms with Gasteiger partial charge in [0.15, 0.2) is 6.10 Å². The number of hydrogen-bond donors (Lipinski definition) is 0. The minimum absolute atomic E-state index is 0.0291. The molecule has 0 spiro atoms. The molecule has 69 heavy (non-hydrogen) atoms. The van der Waals surface area contributed by atoms with Crippen LogP contribution in [0.2, 0.25) is 0 Å². The lowest BCUT2D eigenvalue weighted by molar-refractivity contribution is -0.870. The van der Waals surface area contributed by atoms with Crippen molar-refractivity contribution in [3.8, 4) is 0 Å². The highest BCUT2D eigenvalue weighted by Gasteiger charge is 2.22. The summed E-state index contributed by atoms with van der Waals surface area (Å²) in [6, 6.07) is 0. The Morgan fingerprint density at radius 3 is 1.07 bits per heavy atom. The van der Waals surface area contributed by atoms with Gasteiger partial charge in [0.05, 0.1) is 27.7 Å². The molecule has 0 bridgehead atoms. The topological polar surface area (TPSA) is 111 Å². The van der Waals surface area contributed by atoms with E-state index in [9.17, 15) is 19.0 Å². The third kappa shape index (κ3) is 55.7. The van der Waals surface area contributed by atoms with E-state index in [-0.39, 0.29) is 32.0 Å². The number of esters is 2. The van der Waals surface area contributed by atoms with Crippen LogP contribution in [0.4, 0.5) is 0 Å². The van der Waals surface area contributed by atoms with Crippen LogP contribution in [-0.2, 0) is 32.7 Å². The summed E-state index contributed by atoms with van der Waals surface area (Å²) in [6.07, 6.45) is 60.8. The Kier molecular flexibility index (Phi) is 50.3. The van der Waals surface area contributed by atoms with Crippen molar-refractivity contribution in [2.24, 2.45) is 0 Å². The van der Waals surface area contributed by atoms with E-state index in [1.54, 1.807) is 0 Å². The number of carbonyl (C=O) groups excluding carboxylic acids is 2. The van der Waals surface area contributed by atoms with Gasteiger partial charge in [-0.05, 0) is 64.2 Å². The van der Waals surface area contributed by atoms with Crippen LogP contribution in [0, 0.1) is 0 Å². The summed E-state index contributed by atoms with van der Waals surface area (Å²) in [5.41, 5.74) is 0. The maximum Gasteiger partial charge on any atom is 0.306 e. The van der Waals surface area contributed by atoms with Crippen LogP contribution in [0.25, 0.3) is 0 Å². The predicted octanol–water partition coefficient (Wildman–Crippen LogP) is 17.6. The fraction of sp³-hybridized carbons (Fsp3) is 0.898. The Bertz CT molecular complexity index is 1220. The van der Waals surface area contributed by atoms with Gasteiger partial charge in [0.25, 0.3) is 7.82 Å². The molecule has 0 saturated carbocycles. The largest absolute Gasteiger partial charge is 0.756 e. The molecule has 0 aromatic rings. The molecule has 2 unspecified atom stereocenters. The molecule has 0 amide bonds. The lowest BCUT2D eigenvalue weighted by Crippen LogP contribution is -2.37. The summed E-state index contributed by atoms with van der Waals surface area (Å²) >= 11 is 0. The van der Waals surface area contributed by atoms with Crippen molar-refractivity contribution < 1.29 is 42.1 Å². The number of quaternary nitrogens is 1. The van der Waals surface area contributed by atoms with Crippen LogP contribution in [0.15, 0.2) is 24.3 Å². The monoisotopic (exact) mass is 996 g/mol. The van der Waals surface area contributed by atoms with E-state index in [1.807, 2.05) is 21.1 Å². The highest BCUT2D eigenvalue weighted by atomic mass is 31.2. The van der Waals surface area contributed by atoms with Gasteiger partial charge in [-0.25, -0.2) is 0 Å². The van der Waals surface area contributed by atoms with Gasteiger partial charge in [0.2, 0.25) is 0 Å². The number of ether oxygens (including phenoxy) is 2. The van der Waals surface area contributed by atoms with Crippen LogP contribution < -0.4 is 4.89 Å². The van der Waals surface area contributed by atoms with Gasteiger partial charge in [-0.2, -0.15) is 0 Å². The lowest BCUT2D eigenvalue weighted by Gasteiger charge is -2.28. The second-order valence-electron chi connectivity index (χ2n) is 21.4. The van der Waals surface area contributed by atoms with Crippen molar-refractivity contribution in [3.63, 3.8) is 0 Å². The van der Waals surface area contributed by atoms with Gasteiger partial charge in [0, 0.05) is 12.8 Å². The number of allylic oxidation sites excluding steroid dienone is 4. The number of carbonyl (C=O) groups is 2. The van der Waals surface area contributed by atoms with Gasteiger partial charge in [-0.3, -0.25) is 14.2 Å². The van der Waals surface area contributed by atoms with E-state index < -0.39 is 26.5 Å². The van der Waals surface area contributed by atoms with Crippen molar-refractivity contribution >= 4 is 19.8 Å². The average Bonchev–Trinajstić information content (AvgIpc) is 3.31. The second-order valence-corrected chi connectivity index (χ2v) is 22.8. The van der Waals surface area contributed by atoms with Crippen molar-refractivity contribution in [2.75, 3.05) is 47.5 Å². The number of rotatable bonds is 55. The Labute approximate surface area is 428 Å². The van der Waals surface area contributed by atoms with Crippen molar-refractivity contribution in [3.05, 3.63) is 24.3 Å². The minimum Gasteiger partial charge on any atom is -0.756 e. The smallest absolute Gasteiger partial charge is 0.306 e. The first kappa shape index (κ1) is 67.5. The third-order valence-electron chi connectivity index (χ3n) is 13.2. The molecule has 0 aliphatic heterocycles. The molecule has 0 fully saturated rings. The van der Waals surface area contributed by atoms with Crippen LogP contribution >= 0.6 is 7.82 Å². The van der Waals surface area contributed by atoms with Crippen LogP contribution in [0.5, 0.6) is 0 Å². The Hall–Kier alpha value is -1.51. The number of hydrogen-bond acceptors (Lipinski definition) is 8. The van der Waals surface area contributed by atoms with Gasteiger partial charge < -0.3 is 27.9 Å². The van der Waals surface area contributed by atoms with Crippen molar-refractivity contribution in [2.45, 2.75) is 296 Å². The van der Waals surface area contributed by atoms with E-state index in [0.29, 0.717) is 17.4 Å². The third-order valence-corrected chi connectivity index (χ3v) is 14.2. The lowest BCUT2D eigenvalue weighted by atomic mass is 10.0. The molecular weight excluding hydrogens is 882 g/mol. The number of nitrogens with zero attached hydrogens (tertiary/aromatic N) is 1. The second kappa shape index (κ2) is 51.4. The Morgan fingerprint density at radius 1 is 0.435 bits per heavy atom. The van der Waals surface area contributed by atoms with E-state index in [4.69, 9.17) is 18.5 Å². The van der Waals surface area contributed by atoms with E-state index >= 15 is 0 Å². The first-order chi connectivity index (χ1) is 33.5. The van der Waals surface area contributed by atoms with E-state index in [1.165, 1.54) is 218 Å². The predicted molar refractivity (Wildman–Crippen MR) is 291 cm³/mol. The molecule has 0 aliphatic rings. The number of likely N-dealkylation sites (N-methyl/N-ethyl adjacent to an activating group) is 1. The molecule has 2 atom stereocenters. The number of unbranched alkanes of at least 4 members (excludes halogenated alkanes) is 37. The van der Waals surface area contributed by atoms with Gasteiger partial charge >= 0.3 is 11.9 Å². The number of phosphoric ester groups is 1. The molecule has 0 N–H and O–H groups in total. The van der Waals surface area contributed by atoms with E-state index in [2.05, 4.69) is 38.2 Å². The molecule has 408 valence electrons. The summed E-state index contributed by atoms with van der Waals surface area (Å²) < 4.78 is 34.2.